The summed E-state index contributed by atoms with van der Waals surface area (Å²) >= 11 is 1.22. The number of aromatic nitrogens is 3. The Bertz CT molecular complexity index is 2260. The second-order valence-electron chi connectivity index (χ2n) is 13.2. The number of nitrogens with zero attached hydrogens (tertiary/aromatic N) is 5. The second-order valence-corrected chi connectivity index (χ2v) is 17.9. The number of sulfonamides is 1. The molecular formula is C32H32F3N7O4S3. The van der Waals surface area contributed by atoms with Gasteiger partial charge in [-0.05, 0) is 63.0 Å². The predicted molar refractivity (Wildman–Crippen MR) is 180 cm³/mol. The van der Waals surface area contributed by atoms with Crippen molar-refractivity contribution in [1.82, 2.24) is 19.9 Å². The Kier molecular flexibility index (Phi) is 6.88. The largest absolute Gasteiger partial charge is 0.351 e. The van der Waals surface area contributed by atoms with Gasteiger partial charge in [0.25, 0.3) is 10.0 Å². The van der Waals surface area contributed by atoms with Crippen LogP contribution in [0.1, 0.15) is 29.8 Å². The van der Waals surface area contributed by atoms with Crippen LogP contribution in [0.3, 0.4) is 0 Å². The van der Waals surface area contributed by atoms with Crippen LogP contribution in [0, 0.1) is 22.9 Å². The molecule has 2 aromatic carbocycles. The van der Waals surface area contributed by atoms with Crippen LogP contribution in [0.2, 0.25) is 0 Å². The van der Waals surface area contributed by atoms with Gasteiger partial charge >= 0.3 is 0 Å². The van der Waals surface area contributed by atoms with Crippen molar-refractivity contribution in [1.29, 1.82) is 0 Å². The second kappa shape index (κ2) is 11.6. The first kappa shape index (κ1) is 29.0. The number of halogens is 3. The number of anilines is 3. The Labute approximate surface area is 289 Å². The molecule has 2 unspecified atom stereocenters. The number of hydrogen-bond donors (Lipinski definition) is 2. The molecule has 1 saturated carbocycles. The Morgan fingerprint density at radius 2 is 1.69 bits per heavy atom. The van der Waals surface area contributed by atoms with Gasteiger partial charge in [0.15, 0.2) is 25.7 Å². The normalized spacial score (nSPS) is 24.1. The monoisotopic (exact) mass is 734 g/mol. The Balaban J connectivity index is 1.15. The van der Waals surface area contributed by atoms with E-state index >= 15 is 4.39 Å². The SMILES string of the molecule is [2H]C([2H])([2H])N1CC2CCC(C1)N2c1nc(-c2cccc(NS(=O)(=O)c3c(F)cccc3F)c2F)c(-c2ccnc(NC3CC4(C3)CS(=O)(=O)C4)n2)s1. The number of likely N-dealkylation sites (tertiary alicyclic amines) is 1. The molecule has 3 aliphatic heterocycles. The van der Waals surface area contributed by atoms with Crippen LogP contribution in [-0.4, -0.2) is 86.4 Å². The first-order chi connectivity index (χ1) is 24.5. The van der Waals surface area contributed by atoms with Crippen molar-refractivity contribution < 1.29 is 34.1 Å². The fourth-order valence-corrected chi connectivity index (χ4v) is 12.3. The van der Waals surface area contributed by atoms with E-state index in [2.05, 4.69) is 15.2 Å². The lowest BCUT2D eigenvalue weighted by Crippen LogP contribution is -2.60. The number of hydrogen-bond acceptors (Lipinski definition) is 11. The van der Waals surface area contributed by atoms with Crippen molar-refractivity contribution in [3.05, 3.63) is 66.1 Å². The van der Waals surface area contributed by atoms with E-state index in [9.17, 15) is 25.6 Å². The van der Waals surface area contributed by atoms with Gasteiger partial charge in [-0.2, -0.15) is 0 Å². The third-order valence-corrected chi connectivity index (χ3v) is 14.2. The quantitative estimate of drug-likeness (QED) is 0.261. The number of nitrogens with one attached hydrogen (secondary N) is 2. The van der Waals surface area contributed by atoms with Crippen molar-refractivity contribution in [2.24, 2.45) is 5.41 Å². The standard InChI is InChI=1S/C32H32F3N7O4S3/c1-41-14-19-8-9-20(15-41)42(19)31-39-27(21-4-2-7-24(26(21)35)40-49(45,46)29-22(33)5-3-6-23(29)34)28(47-31)25-10-11-36-30(38-25)37-18-12-32(13-18)16-48(43,44)17-32/h2-7,10-11,18-20,40H,8-9,12-17H2,1H3,(H,36,37,38)/i1D3. The summed E-state index contributed by atoms with van der Waals surface area (Å²) in [4.78, 5) is 16.6. The highest BCUT2D eigenvalue weighted by molar-refractivity contribution is 7.93. The fourth-order valence-electron chi connectivity index (χ4n) is 7.67. The van der Waals surface area contributed by atoms with Gasteiger partial charge < -0.3 is 15.1 Å². The summed E-state index contributed by atoms with van der Waals surface area (Å²) in [5.41, 5.74) is -0.378. The maximum absolute atomic E-state index is 16.5. The highest BCUT2D eigenvalue weighted by Crippen LogP contribution is 2.51. The summed E-state index contributed by atoms with van der Waals surface area (Å²) in [6.45, 7) is -1.70. The van der Waals surface area contributed by atoms with E-state index in [1.165, 1.54) is 34.6 Å². The third kappa shape index (κ3) is 5.83. The van der Waals surface area contributed by atoms with Crippen molar-refractivity contribution in [3.63, 3.8) is 0 Å². The minimum Gasteiger partial charge on any atom is -0.351 e. The minimum absolute atomic E-state index is 0.0335. The average molecular weight is 735 g/mol. The number of benzene rings is 2. The van der Waals surface area contributed by atoms with Crippen LogP contribution < -0.4 is 14.9 Å². The zero-order valence-electron chi connectivity index (χ0n) is 28.7. The number of likely N-dealkylation sites (N-methyl/N-ethyl adjacent to an activating group) is 1. The van der Waals surface area contributed by atoms with E-state index in [4.69, 9.17) is 14.1 Å². The molecule has 49 heavy (non-hydrogen) atoms. The summed E-state index contributed by atoms with van der Waals surface area (Å²) in [5.74, 6) is -3.10. The molecule has 2 aromatic heterocycles. The maximum Gasteiger partial charge on any atom is 0.267 e. The minimum atomic E-state index is -4.90. The Hall–Kier alpha value is -3.80. The summed E-state index contributed by atoms with van der Waals surface area (Å²) in [5, 5.41) is 3.77. The molecule has 2 atom stereocenters. The molecule has 3 saturated heterocycles. The molecule has 4 aromatic rings. The van der Waals surface area contributed by atoms with Crippen molar-refractivity contribution in [2.45, 2.75) is 48.7 Å². The van der Waals surface area contributed by atoms with E-state index < -0.39 is 54.9 Å². The van der Waals surface area contributed by atoms with Gasteiger partial charge in [-0.3, -0.25) is 4.72 Å². The fraction of sp³-hybridized carbons (Fsp3) is 0.406. The van der Waals surface area contributed by atoms with Crippen molar-refractivity contribution in [3.8, 4) is 21.8 Å². The summed E-state index contributed by atoms with van der Waals surface area (Å²) in [6, 6.07) is 7.74. The molecule has 4 aliphatic rings. The van der Waals surface area contributed by atoms with Crippen LogP contribution in [0.4, 0.5) is 29.9 Å². The third-order valence-electron chi connectivity index (χ3n) is 9.64. The number of sulfone groups is 1. The van der Waals surface area contributed by atoms with Crippen molar-refractivity contribution >= 4 is 48.0 Å². The first-order valence-corrected chi connectivity index (χ1v) is 19.7. The Morgan fingerprint density at radius 1 is 1.00 bits per heavy atom. The van der Waals surface area contributed by atoms with Crippen LogP contribution in [-0.2, 0) is 19.9 Å². The molecule has 0 amide bonds. The lowest BCUT2D eigenvalue weighted by molar-refractivity contribution is 0.153. The molecule has 5 heterocycles. The molecule has 17 heteroatoms. The molecule has 2 N–H and O–H groups in total. The van der Waals surface area contributed by atoms with Crippen LogP contribution in [0.25, 0.3) is 21.8 Å². The van der Waals surface area contributed by atoms with E-state index in [1.54, 1.807) is 6.07 Å². The zero-order chi connectivity index (χ0) is 36.8. The van der Waals surface area contributed by atoms with Gasteiger partial charge in [-0.1, -0.05) is 23.5 Å². The highest BCUT2D eigenvalue weighted by atomic mass is 32.2. The molecule has 8 rings (SSSR count). The number of rotatable bonds is 8. The zero-order valence-corrected chi connectivity index (χ0v) is 28.2. The van der Waals surface area contributed by atoms with Crippen molar-refractivity contribution in [2.75, 3.05) is 46.5 Å². The van der Waals surface area contributed by atoms with Gasteiger partial charge in [0, 0.05) is 52.5 Å². The molecule has 2 bridgehead atoms. The lowest BCUT2D eigenvalue weighted by atomic mass is 9.67. The summed E-state index contributed by atoms with van der Waals surface area (Å²) in [6.07, 6.45) is 4.30. The van der Waals surface area contributed by atoms with Gasteiger partial charge in [0.05, 0.1) is 33.5 Å². The van der Waals surface area contributed by atoms with Crippen LogP contribution in [0.15, 0.2) is 53.6 Å². The molecule has 1 spiro atoms. The smallest absolute Gasteiger partial charge is 0.267 e. The molecular weight excluding hydrogens is 700 g/mol. The predicted octanol–water partition coefficient (Wildman–Crippen LogP) is 4.76. The van der Waals surface area contributed by atoms with Gasteiger partial charge in [0.2, 0.25) is 5.95 Å². The summed E-state index contributed by atoms with van der Waals surface area (Å²) < 4.78 is 121. The molecule has 1 aliphatic carbocycles. The average Bonchev–Trinajstić information content (AvgIpc) is 3.57. The molecule has 11 nitrogen and oxygen atoms in total. The van der Waals surface area contributed by atoms with Crippen LogP contribution >= 0.6 is 11.3 Å². The van der Waals surface area contributed by atoms with Gasteiger partial charge in [-0.25, -0.2) is 45.0 Å². The lowest BCUT2D eigenvalue weighted by Gasteiger charge is -2.53. The number of piperazine rings is 1. The van der Waals surface area contributed by atoms with E-state index in [-0.39, 0.29) is 65.3 Å². The highest BCUT2D eigenvalue weighted by Gasteiger charge is 2.56. The van der Waals surface area contributed by atoms with Crippen LogP contribution in [0.5, 0.6) is 0 Å². The molecule has 258 valence electrons. The topological polar surface area (TPSA) is 137 Å². The van der Waals surface area contributed by atoms with E-state index in [1.807, 2.05) is 4.72 Å². The first-order valence-electron chi connectivity index (χ1n) is 17.1. The molecule has 0 radical (unpaired) electrons. The number of fused-ring (bicyclic) bond motifs is 2. The van der Waals surface area contributed by atoms with E-state index in [0.717, 1.165) is 37.1 Å². The number of thiazole rings is 1. The summed E-state index contributed by atoms with van der Waals surface area (Å²) in [7, 11) is -7.88. The molecule has 4 fully saturated rings. The van der Waals surface area contributed by atoms with E-state index in [0.29, 0.717) is 28.5 Å². The maximum atomic E-state index is 16.5. The van der Waals surface area contributed by atoms with Gasteiger partial charge in [0.1, 0.15) is 11.6 Å². The Morgan fingerprint density at radius 3 is 2.37 bits per heavy atom. The van der Waals surface area contributed by atoms with Gasteiger partial charge in [-0.15, -0.1) is 0 Å².